The second kappa shape index (κ2) is 9.73. The van der Waals surface area contributed by atoms with Gasteiger partial charge in [0.05, 0.1) is 24.6 Å². The first kappa shape index (κ1) is 20.4. The van der Waals surface area contributed by atoms with Gasteiger partial charge in [-0.1, -0.05) is 0 Å². The number of benzene rings is 1. The van der Waals surface area contributed by atoms with E-state index in [1.165, 1.54) is 42.9 Å². The van der Waals surface area contributed by atoms with Gasteiger partial charge in [-0.3, -0.25) is 14.9 Å². The zero-order valence-corrected chi connectivity index (χ0v) is 15.5. The zero-order valence-electron chi connectivity index (χ0n) is 15.5. The maximum atomic E-state index is 12.0. The van der Waals surface area contributed by atoms with Crippen LogP contribution in [0.25, 0.3) is 0 Å². The Morgan fingerprint density at radius 2 is 1.63 bits per heavy atom. The number of amides is 4. The van der Waals surface area contributed by atoms with Gasteiger partial charge in [0.2, 0.25) is 0 Å². The van der Waals surface area contributed by atoms with Crippen LogP contribution in [-0.4, -0.2) is 30.4 Å². The number of ether oxygens (including phenoxy) is 1. The number of furan rings is 2. The first-order valence-electron chi connectivity index (χ1n) is 8.73. The Kier molecular flexibility index (Phi) is 6.62. The van der Waals surface area contributed by atoms with Crippen LogP contribution >= 0.6 is 0 Å². The van der Waals surface area contributed by atoms with E-state index in [4.69, 9.17) is 13.6 Å². The Hall–Kier alpha value is -4.34. The van der Waals surface area contributed by atoms with Crippen molar-refractivity contribution >= 4 is 29.5 Å². The molecule has 3 N–H and O–H groups in total. The molecule has 0 saturated carbocycles. The van der Waals surface area contributed by atoms with E-state index in [2.05, 4.69) is 10.6 Å². The van der Waals surface area contributed by atoms with Crippen molar-refractivity contribution in [3.05, 3.63) is 78.1 Å². The molecular weight excluding hydrogens is 394 g/mol. The number of hydrogen-bond acceptors (Lipinski definition) is 7. The lowest BCUT2D eigenvalue weighted by atomic mass is 10.2. The number of carbonyl (C=O) groups excluding carboxylic acids is 4. The number of hydrogen-bond donors (Lipinski definition) is 3. The van der Waals surface area contributed by atoms with Crippen LogP contribution in [0.1, 0.15) is 26.7 Å². The first-order chi connectivity index (χ1) is 14.5. The van der Waals surface area contributed by atoms with Gasteiger partial charge in [0, 0.05) is 5.69 Å². The summed E-state index contributed by atoms with van der Waals surface area (Å²) in [5.74, 6) is -1.31. The van der Waals surface area contributed by atoms with Crippen molar-refractivity contribution in [3.8, 4) is 0 Å². The van der Waals surface area contributed by atoms with Gasteiger partial charge < -0.3 is 24.2 Å². The monoisotopic (exact) mass is 411 g/mol. The fourth-order valence-electron chi connectivity index (χ4n) is 2.29. The van der Waals surface area contributed by atoms with Crippen molar-refractivity contribution in [2.24, 2.45) is 0 Å². The van der Waals surface area contributed by atoms with E-state index < -0.39 is 30.4 Å². The van der Waals surface area contributed by atoms with Gasteiger partial charge in [-0.25, -0.2) is 9.59 Å². The fraction of sp³-hybridized carbons (Fsp3) is 0.100. The van der Waals surface area contributed by atoms with E-state index in [1.54, 1.807) is 18.2 Å². The molecule has 10 heteroatoms. The summed E-state index contributed by atoms with van der Waals surface area (Å²) in [5, 5.41) is 7.05. The maximum Gasteiger partial charge on any atom is 0.338 e. The van der Waals surface area contributed by atoms with Crippen LogP contribution in [0, 0.1) is 0 Å². The Morgan fingerprint density at radius 1 is 0.900 bits per heavy atom. The van der Waals surface area contributed by atoms with E-state index in [1.807, 2.05) is 5.32 Å². The Morgan fingerprint density at radius 3 is 2.30 bits per heavy atom. The summed E-state index contributed by atoms with van der Waals surface area (Å²) in [6.45, 7) is -0.529. The molecule has 2 heterocycles. The first-order valence-corrected chi connectivity index (χ1v) is 8.73. The lowest BCUT2D eigenvalue weighted by Gasteiger charge is -2.07. The van der Waals surface area contributed by atoms with Gasteiger partial charge in [-0.05, 0) is 48.5 Å². The van der Waals surface area contributed by atoms with E-state index in [0.717, 1.165) is 0 Å². The number of esters is 1. The normalized spacial score (nSPS) is 10.1. The highest BCUT2D eigenvalue weighted by molar-refractivity contribution is 6.02. The van der Waals surface area contributed by atoms with Crippen molar-refractivity contribution in [3.63, 3.8) is 0 Å². The number of imide groups is 1. The third kappa shape index (κ3) is 5.83. The summed E-state index contributed by atoms with van der Waals surface area (Å²) >= 11 is 0. The number of anilines is 1. The molecule has 2 aromatic heterocycles. The quantitative estimate of drug-likeness (QED) is 0.507. The molecule has 0 fully saturated rings. The SMILES string of the molecule is O=C(COC(=O)c1ccc(NC(=O)c2ccco2)cc1)NC(=O)NCc1ccco1. The average Bonchev–Trinajstić information content (AvgIpc) is 3.45. The summed E-state index contributed by atoms with van der Waals surface area (Å²) < 4.78 is 14.9. The van der Waals surface area contributed by atoms with Crippen molar-refractivity contribution in [2.45, 2.75) is 6.54 Å². The highest BCUT2D eigenvalue weighted by Gasteiger charge is 2.14. The van der Waals surface area contributed by atoms with Gasteiger partial charge in [-0.2, -0.15) is 0 Å². The summed E-state index contributed by atoms with van der Waals surface area (Å²) in [7, 11) is 0. The van der Waals surface area contributed by atoms with Crippen molar-refractivity contribution in [1.82, 2.24) is 10.6 Å². The Labute approximate surface area is 170 Å². The van der Waals surface area contributed by atoms with Gasteiger partial charge in [0.15, 0.2) is 12.4 Å². The van der Waals surface area contributed by atoms with Gasteiger partial charge in [0.25, 0.3) is 11.8 Å². The highest BCUT2D eigenvalue weighted by atomic mass is 16.5. The second-order valence-corrected chi connectivity index (χ2v) is 5.90. The number of urea groups is 1. The molecule has 0 aliphatic rings. The van der Waals surface area contributed by atoms with Crippen LogP contribution in [0.15, 0.2) is 69.9 Å². The molecule has 154 valence electrons. The standard InChI is InChI=1S/C20H17N3O7/c24-17(23-20(27)21-11-15-3-1-9-28-15)12-30-19(26)13-5-7-14(8-6-13)22-18(25)16-4-2-10-29-16/h1-10H,11-12H2,(H,22,25)(H2,21,23,24,27). The molecule has 0 unspecified atom stereocenters. The minimum atomic E-state index is -0.789. The molecule has 0 spiro atoms. The molecular formula is C20H17N3O7. The number of rotatable bonds is 7. The predicted molar refractivity (Wildman–Crippen MR) is 102 cm³/mol. The summed E-state index contributed by atoms with van der Waals surface area (Å²) in [5.41, 5.74) is 0.611. The molecule has 4 amide bonds. The zero-order chi connectivity index (χ0) is 21.3. The van der Waals surface area contributed by atoms with E-state index >= 15 is 0 Å². The summed E-state index contributed by atoms with van der Waals surface area (Å²) in [6.07, 6.45) is 2.84. The molecule has 3 aromatic rings. The Balaban J connectivity index is 1.41. The van der Waals surface area contributed by atoms with Crippen molar-refractivity contribution in [1.29, 1.82) is 0 Å². The molecule has 10 nitrogen and oxygen atoms in total. The van der Waals surface area contributed by atoms with Crippen molar-refractivity contribution < 1.29 is 32.7 Å². The van der Waals surface area contributed by atoms with Gasteiger partial charge in [-0.15, -0.1) is 0 Å². The number of nitrogens with one attached hydrogen (secondary N) is 3. The van der Waals surface area contributed by atoms with Crippen LogP contribution in [-0.2, 0) is 16.1 Å². The fourth-order valence-corrected chi connectivity index (χ4v) is 2.29. The van der Waals surface area contributed by atoms with E-state index in [9.17, 15) is 19.2 Å². The molecule has 0 bridgehead atoms. The predicted octanol–water partition coefficient (Wildman–Crippen LogP) is 2.31. The Bertz CT molecular complexity index is 1010. The van der Waals surface area contributed by atoms with Crippen LogP contribution < -0.4 is 16.0 Å². The lowest BCUT2D eigenvalue weighted by molar-refractivity contribution is -0.123. The van der Waals surface area contributed by atoms with E-state index in [0.29, 0.717) is 11.4 Å². The third-order valence-corrected chi connectivity index (χ3v) is 3.71. The average molecular weight is 411 g/mol. The van der Waals surface area contributed by atoms with Crippen LogP contribution in [0.2, 0.25) is 0 Å². The van der Waals surface area contributed by atoms with Gasteiger partial charge in [0.1, 0.15) is 5.76 Å². The van der Waals surface area contributed by atoms with Crippen LogP contribution in [0.5, 0.6) is 0 Å². The molecule has 30 heavy (non-hydrogen) atoms. The lowest BCUT2D eigenvalue weighted by Crippen LogP contribution is -2.41. The molecule has 0 aliphatic carbocycles. The second-order valence-electron chi connectivity index (χ2n) is 5.90. The molecule has 0 saturated heterocycles. The molecule has 0 atom stereocenters. The van der Waals surface area contributed by atoms with Crippen molar-refractivity contribution in [2.75, 3.05) is 11.9 Å². The molecule has 1 aromatic carbocycles. The van der Waals surface area contributed by atoms with Gasteiger partial charge >= 0.3 is 12.0 Å². The number of carbonyl (C=O) groups is 4. The van der Waals surface area contributed by atoms with E-state index in [-0.39, 0.29) is 17.9 Å². The molecule has 3 rings (SSSR count). The minimum absolute atomic E-state index is 0.106. The maximum absolute atomic E-state index is 12.0. The topological polar surface area (TPSA) is 140 Å². The minimum Gasteiger partial charge on any atom is -0.467 e. The summed E-state index contributed by atoms with van der Waals surface area (Å²) in [6, 6.07) is 11.5. The molecule has 0 aliphatic heterocycles. The molecule has 0 radical (unpaired) electrons. The smallest absolute Gasteiger partial charge is 0.338 e. The highest BCUT2D eigenvalue weighted by Crippen LogP contribution is 2.12. The third-order valence-electron chi connectivity index (χ3n) is 3.71. The van der Waals surface area contributed by atoms with Crippen LogP contribution in [0.3, 0.4) is 0 Å². The van der Waals surface area contributed by atoms with Crippen LogP contribution in [0.4, 0.5) is 10.5 Å². The largest absolute Gasteiger partial charge is 0.467 e. The summed E-state index contributed by atoms with van der Waals surface area (Å²) in [4.78, 5) is 47.2.